The molecule has 1 N–H and O–H groups in total. The molecule has 5 nitrogen and oxygen atoms in total. The molecule has 0 bridgehead atoms. The third-order valence-electron chi connectivity index (χ3n) is 4.10. The van der Waals surface area contributed by atoms with E-state index in [1.807, 2.05) is 48.6 Å². The summed E-state index contributed by atoms with van der Waals surface area (Å²) in [7, 11) is 0. The van der Waals surface area contributed by atoms with Crippen LogP contribution in [0.15, 0.2) is 72.8 Å². The van der Waals surface area contributed by atoms with Crippen LogP contribution >= 0.6 is 0 Å². The number of nitrogens with one attached hydrogen (secondary N) is 1. The molecule has 0 saturated carbocycles. The van der Waals surface area contributed by atoms with Gasteiger partial charge in [-0.3, -0.25) is 0 Å². The van der Waals surface area contributed by atoms with Gasteiger partial charge in [-0.2, -0.15) is 0 Å². The Morgan fingerprint density at radius 3 is 2.27 bits per heavy atom. The molecule has 2 atom stereocenters. The molecule has 1 aliphatic carbocycles. The van der Waals surface area contributed by atoms with Crippen molar-refractivity contribution in [3.05, 3.63) is 83.9 Å². The first-order chi connectivity index (χ1) is 12.7. The monoisotopic (exact) mass is 351 g/mol. The highest BCUT2D eigenvalue weighted by Gasteiger charge is 2.21. The molecule has 2 aromatic rings. The van der Waals surface area contributed by atoms with E-state index in [1.165, 1.54) is 0 Å². The summed E-state index contributed by atoms with van der Waals surface area (Å²) in [4.78, 5) is 23.9. The van der Waals surface area contributed by atoms with Crippen molar-refractivity contribution in [2.75, 3.05) is 0 Å². The van der Waals surface area contributed by atoms with Crippen LogP contribution in [0.4, 0.5) is 4.79 Å². The highest BCUT2D eigenvalue weighted by atomic mass is 16.5. The molecule has 0 saturated heterocycles. The molecule has 134 valence electrons. The quantitative estimate of drug-likeness (QED) is 0.656. The number of rotatable bonds is 5. The molecular weight excluding hydrogens is 330 g/mol. The van der Waals surface area contributed by atoms with Gasteiger partial charge in [-0.05, 0) is 36.6 Å². The van der Waals surface area contributed by atoms with Crippen LogP contribution < -0.4 is 5.32 Å². The highest BCUT2D eigenvalue weighted by molar-refractivity contribution is 5.89. The summed E-state index contributed by atoms with van der Waals surface area (Å²) in [5.74, 6) is -0.339. The van der Waals surface area contributed by atoms with E-state index < -0.39 is 6.09 Å². The third kappa shape index (κ3) is 5.21. The molecule has 3 rings (SSSR count). The predicted molar refractivity (Wildman–Crippen MR) is 97.6 cm³/mol. The molecule has 0 aliphatic heterocycles. The Labute approximate surface area is 152 Å². The van der Waals surface area contributed by atoms with Crippen molar-refractivity contribution < 1.29 is 19.1 Å². The minimum Gasteiger partial charge on any atom is -0.455 e. The Bertz CT molecular complexity index is 758. The normalized spacial score (nSPS) is 18.8. The van der Waals surface area contributed by atoms with E-state index in [1.54, 1.807) is 24.3 Å². The van der Waals surface area contributed by atoms with E-state index in [9.17, 15) is 9.59 Å². The Hall–Kier alpha value is -3.08. The average molecular weight is 351 g/mol. The van der Waals surface area contributed by atoms with Crippen molar-refractivity contribution in [1.82, 2.24) is 5.32 Å². The predicted octanol–water partition coefficient (Wildman–Crippen LogP) is 3.86. The van der Waals surface area contributed by atoms with Crippen LogP contribution in [-0.2, 0) is 16.1 Å². The number of hydrogen-bond donors (Lipinski definition) is 1. The lowest BCUT2D eigenvalue weighted by atomic mass is 10.0. The van der Waals surface area contributed by atoms with Gasteiger partial charge in [0.1, 0.15) is 12.7 Å². The molecule has 5 heteroatoms. The number of esters is 1. The molecule has 1 amide bonds. The second-order valence-electron chi connectivity index (χ2n) is 6.08. The summed E-state index contributed by atoms with van der Waals surface area (Å²) in [5.41, 5.74) is 1.47. The lowest BCUT2D eigenvalue weighted by Gasteiger charge is -2.23. The van der Waals surface area contributed by atoms with Crippen molar-refractivity contribution in [3.8, 4) is 0 Å². The zero-order valence-corrected chi connectivity index (χ0v) is 14.3. The van der Waals surface area contributed by atoms with Crippen LogP contribution in [0.3, 0.4) is 0 Å². The minimum atomic E-state index is -0.455. The second-order valence-corrected chi connectivity index (χ2v) is 6.08. The molecule has 2 unspecified atom stereocenters. The molecule has 0 spiro atoms. The fourth-order valence-electron chi connectivity index (χ4n) is 2.71. The largest absolute Gasteiger partial charge is 0.455 e. The maximum Gasteiger partial charge on any atom is 0.407 e. The van der Waals surface area contributed by atoms with Crippen molar-refractivity contribution in [2.45, 2.75) is 31.6 Å². The van der Waals surface area contributed by atoms with Gasteiger partial charge in [0, 0.05) is 0 Å². The smallest absolute Gasteiger partial charge is 0.407 e. The first kappa shape index (κ1) is 17.7. The molecule has 26 heavy (non-hydrogen) atoms. The Kier molecular flexibility index (Phi) is 6.04. The Balaban J connectivity index is 1.42. The molecule has 0 radical (unpaired) electrons. The van der Waals surface area contributed by atoms with Crippen LogP contribution in [-0.4, -0.2) is 24.2 Å². The Morgan fingerprint density at radius 2 is 1.62 bits per heavy atom. The minimum absolute atomic E-state index is 0.120. The van der Waals surface area contributed by atoms with E-state index in [0.29, 0.717) is 18.4 Å². The lowest BCUT2D eigenvalue weighted by Crippen LogP contribution is -2.36. The number of alkyl carbamates (subject to hydrolysis) is 1. The summed E-state index contributed by atoms with van der Waals surface area (Å²) < 4.78 is 10.7. The van der Waals surface area contributed by atoms with Crippen molar-refractivity contribution >= 4 is 12.1 Å². The van der Waals surface area contributed by atoms with Gasteiger partial charge >= 0.3 is 12.1 Å². The zero-order valence-electron chi connectivity index (χ0n) is 14.3. The number of carbonyl (C=O) groups is 2. The van der Waals surface area contributed by atoms with Crippen LogP contribution in [0.1, 0.15) is 28.8 Å². The number of amides is 1. The molecular formula is C21H21NO4. The van der Waals surface area contributed by atoms with Gasteiger partial charge in [-0.1, -0.05) is 54.6 Å². The lowest BCUT2D eigenvalue weighted by molar-refractivity contribution is 0.0362. The first-order valence-electron chi connectivity index (χ1n) is 8.62. The SMILES string of the molecule is O=C(NC1C=CC(OC(=O)c2ccccc2)CC1)OCc1ccccc1. The van der Waals surface area contributed by atoms with Gasteiger partial charge in [0.05, 0.1) is 11.6 Å². The molecule has 0 heterocycles. The molecule has 2 aromatic carbocycles. The van der Waals surface area contributed by atoms with E-state index >= 15 is 0 Å². The summed E-state index contributed by atoms with van der Waals surface area (Å²) >= 11 is 0. The van der Waals surface area contributed by atoms with E-state index in [0.717, 1.165) is 5.56 Å². The van der Waals surface area contributed by atoms with E-state index in [2.05, 4.69) is 5.32 Å². The van der Waals surface area contributed by atoms with E-state index in [4.69, 9.17) is 9.47 Å². The van der Waals surface area contributed by atoms with Gasteiger partial charge < -0.3 is 14.8 Å². The van der Waals surface area contributed by atoms with Crippen molar-refractivity contribution in [2.24, 2.45) is 0 Å². The number of benzene rings is 2. The fraction of sp³-hybridized carbons (Fsp3) is 0.238. The van der Waals surface area contributed by atoms with Gasteiger partial charge in [-0.25, -0.2) is 9.59 Å². The average Bonchev–Trinajstić information content (AvgIpc) is 2.69. The highest BCUT2D eigenvalue weighted by Crippen LogP contribution is 2.16. The molecule has 0 aromatic heterocycles. The third-order valence-corrected chi connectivity index (χ3v) is 4.10. The van der Waals surface area contributed by atoms with Gasteiger partial charge in [0.25, 0.3) is 0 Å². The topological polar surface area (TPSA) is 64.6 Å². The summed E-state index contributed by atoms with van der Waals surface area (Å²) in [6.07, 6.45) is 4.26. The zero-order chi connectivity index (χ0) is 18.2. The molecule has 0 fully saturated rings. The Morgan fingerprint density at radius 1 is 0.923 bits per heavy atom. The number of ether oxygens (including phenoxy) is 2. The molecule has 1 aliphatic rings. The van der Waals surface area contributed by atoms with E-state index in [-0.39, 0.29) is 24.7 Å². The van der Waals surface area contributed by atoms with Gasteiger partial charge in [-0.15, -0.1) is 0 Å². The summed E-state index contributed by atoms with van der Waals surface area (Å²) in [6.45, 7) is 0.237. The van der Waals surface area contributed by atoms with Crippen LogP contribution in [0, 0.1) is 0 Å². The van der Waals surface area contributed by atoms with Crippen molar-refractivity contribution in [1.29, 1.82) is 0 Å². The number of carbonyl (C=O) groups excluding carboxylic acids is 2. The fourth-order valence-corrected chi connectivity index (χ4v) is 2.71. The number of hydrogen-bond acceptors (Lipinski definition) is 4. The summed E-state index contributed by atoms with van der Waals surface area (Å²) in [6, 6.07) is 18.3. The second kappa shape index (κ2) is 8.85. The maximum absolute atomic E-state index is 12.0. The van der Waals surface area contributed by atoms with Crippen LogP contribution in [0.2, 0.25) is 0 Å². The van der Waals surface area contributed by atoms with Gasteiger partial charge in [0.15, 0.2) is 0 Å². The van der Waals surface area contributed by atoms with Crippen LogP contribution in [0.5, 0.6) is 0 Å². The standard InChI is InChI=1S/C21H21NO4/c23-20(17-9-5-2-6-10-17)26-19-13-11-18(12-14-19)22-21(24)25-15-16-7-3-1-4-8-16/h1-11,13,18-19H,12,14-15H2,(H,22,24). The van der Waals surface area contributed by atoms with Crippen LogP contribution in [0.25, 0.3) is 0 Å². The summed E-state index contributed by atoms with van der Waals surface area (Å²) in [5, 5.41) is 2.81. The first-order valence-corrected chi connectivity index (χ1v) is 8.62. The van der Waals surface area contributed by atoms with Gasteiger partial charge in [0.2, 0.25) is 0 Å². The van der Waals surface area contributed by atoms with Crippen molar-refractivity contribution in [3.63, 3.8) is 0 Å². The maximum atomic E-state index is 12.0.